The van der Waals surface area contributed by atoms with E-state index in [0.717, 1.165) is 29.8 Å². The number of carbonyl (C=O) groups excluding carboxylic acids is 1. The molecule has 1 amide bonds. The number of nitrogens with one attached hydrogen (secondary N) is 2. The second-order valence-corrected chi connectivity index (χ2v) is 7.66. The molecule has 0 spiro atoms. The summed E-state index contributed by atoms with van der Waals surface area (Å²) in [6.45, 7) is 1.34. The normalized spacial score (nSPS) is 15.3. The van der Waals surface area contributed by atoms with E-state index in [0.29, 0.717) is 19.0 Å². The lowest BCUT2D eigenvalue weighted by Gasteiger charge is -2.24. The monoisotopic (exact) mass is 539 g/mol. The van der Waals surface area contributed by atoms with E-state index < -0.39 is 0 Å². The van der Waals surface area contributed by atoms with Gasteiger partial charge in [0.1, 0.15) is 0 Å². The molecule has 0 aliphatic heterocycles. The molecule has 0 aromatic carbocycles. The standard InChI is InChI=1S/C18H30BrN5O.HI/c1-20-18(24(3)13-16-11-14(19)12-23(16)2)21-10-9-17(25)22-15-7-5-4-6-8-15;/h11-12,15H,4-10,13H2,1-3H3,(H,20,21)(H,22,25);1H. The van der Waals surface area contributed by atoms with Gasteiger partial charge in [0.25, 0.3) is 0 Å². The van der Waals surface area contributed by atoms with E-state index in [1.165, 1.54) is 25.0 Å². The molecule has 26 heavy (non-hydrogen) atoms. The molecule has 1 saturated carbocycles. The number of hydrogen-bond acceptors (Lipinski definition) is 2. The Hall–Kier alpha value is -0.770. The molecule has 1 aliphatic rings. The Balaban J connectivity index is 0.00000338. The van der Waals surface area contributed by atoms with Gasteiger partial charge in [0, 0.05) is 56.5 Å². The minimum Gasteiger partial charge on any atom is -0.356 e. The van der Waals surface area contributed by atoms with Crippen LogP contribution >= 0.6 is 39.9 Å². The second kappa shape index (κ2) is 11.8. The van der Waals surface area contributed by atoms with E-state index >= 15 is 0 Å². The Labute approximate surface area is 182 Å². The summed E-state index contributed by atoms with van der Waals surface area (Å²) in [6.07, 6.45) is 8.51. The van der Waals surface area contributed by atoms with E-state index in [-0.39, 0.29) is 29.9 Å². The van der Waals surface area contributed by atoms with E-state index in [2.05, 4.69) is 47.1 Å². The Kier molecular flexibility index (Phi) is 10.6. The lowest BCUT2D eigenvalue weighted by Crippen LogP contribution is -2.42. The minimum atomic E-state index is 0. The van der Waals surface area contributed by atoms with Crippen LogP contribution in [-0.2, 0) is 18.4 Å². The maximum absolute atomic E-state index is 12.1. The number of aliphatic imine (C=N–C) groups is 1. The van der Waals surface area contributed by atoms with Gasteiger partial charge < -0.3 is 20.1 Å². The van der Waals surface area contributed by atoms with Crippen molar-refractivity contribution < 1.29 is 4.79 Å². The lowest BCUT2D eigenvalue weighted by atomic mass is 9.95. The number of guanidine groups is 1. The second-order valence-electron chi connectivity index (χ2n) is 6.74. The Morgan fingerprint density at radius 1 is 1.38 bits per heavy atom. The molecule has 0 atom stereocenters. The SMILES string of the molecule is CN=C(NCCC(=O)NC1CCCCC1)N(C)Cc1cc(Br)cn1C.I. The van der Waals surface area contributed by atoms with Crippen molar-refractivity contribution in [3.8, 4) is 0 Å². The molecule has 1 fully saturated rings. The number of rotatable bonds is 6. The van der Waals surface area contributed by atoms with Gasteiger partial charge >= 0.3 is 0 Å². The number of nitrogens with zero attached hydrogens (tertiary/aromatic N) is 3. The first-order valence-corrected chi connectivity index (χ1v) is 9.80. The van der Waals surface area contributed by atoms with E-state index in [1.807, 2.05) is 20.3 Å². The zero-order valence-corrected chi connectivity index (χ0v) is 19.8. The predicted molar refractivity (Wildman–Crippen MR) is 121 cm³/mol. The summed E-state index contributed by atoms with van der Waals surface area (Å²) in [5.41, 5.74) is 1.19. The van der Waals surface area contributed by atoms with E-state index in [4.69, 9.17) is 0 Å². The van der Waals surface area contributed by atoms with Crippen LogP contribution in [-0.4, -0.2) is 48.0 Å². The van der Waals surface area contributed by atoms with Gasteiger partial charge in [-0.2, -0.15) is 0 Å². The molecule has 2 N–H and O–H groups in total. The van der Waals surface area contributed by atoms with Crippen molar-refractivity contribution >= 4 is 51.8 Å². The quantitative estimate of drug-likeness (QED) is 0.331. The van der Waals surface area contributed by atoms with Crippen molar-refractivity contribution in [2.75, 3.05) is 20.6 Å². The highest BCUT2D eigenvalue weighted by atomic mass is 127. The molecule has 1 aromatic heterocycles. The van der Waals surface area contributed by atoms with Gasteiger partial charge in [-0.25, -0.2) is 0 Å². The third-order valence-corrected chi connectivity index (χ3v) is 5.09. The highest BCUT2D eigenvalue weighted by Crippen LogP contribution is 2.17. The summed E-state index contributed by atoms with van der Waals surface area (Å²) in [6, 6.07) is 2.47. The zero-order valence-electron chi connectivity index (χ0n) is 15.9. The Morgan fingerprint density at radius 2 is 2.08 bits per heavy atom. The summed E-state index contributed by atoms with van der Waals surface area (Å²) in [4.78, 5) is 18.4. The maximum Gasteiger partial charge on any atom is 0.221 e. The summed E-state index contributed by atoms with van der Waals surface area (Å²) in [5, 5.41) is 6.43. The Morgan fingerprint density at radius 3 is 2.65 bits per heavy atom. The van der Waals surface area contributed by atoms with Crippen molar-refractivity contribution in [3.05, 3.63) is 22.4 Å². The summed E-state index contributed by atoms with van der Waals surface area (Å²) < 4.78 is 3.16. The highest BCUT2D eigenvalue weighted by molar-refractivity contribution is 14.0. The van der Waals surface area contributed by atoms with E-state index in [1.54, 1.807) is 7.05 Å². The third-order valence-electron chi connectivity index (χ3n) is 4.65. The number of aryl methyl sites for hydroxylation is 1. The van der Waals surface area contributed by atoms with Gasteiger partial charge in [-0.1, -0.05) is 19.3 Å². The van der Waals surface area contributed by atoms with Gasteiger partial charge in [0.2, 0.25) is 5.91 Å². The predicted octanol–water partition coefficient (Wildman–Crippen LogP) is 3.25. The van der Waals surface area contributed by atoms with Crippen LogP contribution in [0.5, 0.6) is 0 Å². The molecule has 0 unspecified atom stereocenters. The number of hydrogen-bond donors (Lipinski definition) is 2. The fraction of sp³-hybridized carbons (Fsp3) is 0.667. The minimum absolute atomic E-state index is 0. The smallest absolute Gasteiger partial charge is 0.221 e. The van der Waals surface area contributed by atoms with Gasteiger partial charge in [-0.05, 0) is 34.8 Å². The van der Waals surface area contributed by atoms with Crippen LogP contribution in [0.4, 0.5) is 0 Å². The van der Waals surface area contributed by atoms with Crippen molar-refractivity contribution in [3.63, 3.8) is 0 Å². The molecule has 6 nitrogen and oxygen atoms in total. The lowest BCUT2D eigenvalue weighted by molar-refractivity contribution is -0.121. The molecule has 148 valence electrons. The van der Waals surface area contributed by atoms with Gasteiger partial charge in [0.05, 0.1) is 6.54 Å². The van der Waals surface area contributed by atoms with Crippen LogP contribution in [0, 0.1) is 0 Å². The molecule has 0 radical (unpaired) electrons. The zero-order chi connectivity index (χ0) is 18.2. The summed E-state index contributed by atoms with van der Waals surface area (Å²) in [5.74, 6) is 0.923. The number of aromatic nitrogens is 1. The first-order valence-electron chi connectivity index (χ1n) is 9.01. The average molecular weight is 540 g/mol. The maximum atomic E-state index is 12.1. The highest BCUT2D eigenvalue weighted by Gasteiger charge is 2.15. The van der Waals surface area contributed by atoms with Crippen LogP contribution in [0.15, 0.2) is 21.7 Å². The first-order chi connectivity index (χ1) is 12.0. The number of halogens is 2. The largest absolute Gasteiger partial charge is 0.356 e. The van der Waals surface area contributed by atoms with Gasteiger partial charge in [0.15, 0.2) is 5.96 Å². The van der Waals surface area contributed by atoms with Crippen LogP contribution in [0.2, 0.25) is 0 Å². The van der Waals surface area contributed by atoms with E-state index in [9.17, 15) is 4.79 Å². The molecule has 8 heteroatoms. The van der Waals surface area contributed by atoms with Crippen molar-refractivity contribution in [1.82, 2.24) is 20.1 Å². The van der Waals surface area contributed by atoms with Crippen LogP contribution in [0.3, 0.4) is 0 Å². The summed E-state index contributed by atoms with van der Waals surface area (Å²) >= 11 is 3.50. The third kappa shape index (κ3) is 7.46. The topological polar surface area (TPSA) is 61.7 Å². The number of carbonyl (C=O) groups is 1. The molecule has 0 saturated heterocycles. The average Bonchev–Trinajstić information content (AvgIpc) is 2.89. The molecule has 1 aromatic rings. The molecule has 1 heterocycles. The number of amides is 1. The van der Waals surface area contributed by atoms with Crippen LogP contribution < -0.4 is 10.6 Å². The molecule has 0 bridgehead atoms. The van der Waals surface area contributed by atoms with Gasteiger partial charge in [-0.15, -0.1) is 24.0 Å². The molecular formula is C18H31BrIN5O. The fourth-order valence-corrected chi connectivity index (χ4v) is 3.83. The van der Waals surface area contributed by atoms with Crippen LogP contribution in [0.1, 0.15) is 44.2 Å². The summed E-state index contributed by atoms with van der Waals surface area (Å²) in [7, 11) is 5.79. The van der Waals surface area contributed by atoms with Crippen molar-refractivity contribution in [2.45, 2.75) is 51.1 Å². The Bertz CT molecular complexity index is 598. The van der Waals surface area contributed by atoms with Crippen molar-refractivity contribution in [1.29, 1.82) is 0 Å². The first kappa shape index (κ1) is 23.3. The fourth-order valence-electron chi connectivity index (χ4n) is 3.26. The van der Waals surface area contributed by atoms with Gasteiger partial charge in [-0.3, -0.25) is 9.79 Å². The molecule has 1 aliphatic carbocycles. The molecule has 2 rings (SSSR count). The van der Waals surface area contributed by atoms with Crippen LogP contribution in [0.25, 0.3) is 0 Å². The van der Waals surface area contributed by atoms with Crippen molar-refractivity contribution in [2.24, 2.45) is 12.0 Å². The molecular weight excluding hydrogens is 509 g/mol.